The van der Waals surface area contributed by atoms with Gasteiger partial charge in [-0.3, -0.25) is 9.59 Å². The highest BCUT2D eigenvalue weighted by atomic mass is 16.5. The molecule has 0 aromatic carbocycles. The Kier molecular flexibility index (Phi) is 5.79. The van der Waals surface area contributed by atoms with Crippen LogP contribution in [-0.2, 0) is 14.3 Å². The molecule has 0 amide bonds. The lowest BCUT2D eigenvalue weighted by Crippen LogP contribution is -2.58. The van der Waals surface area contributed by atoms with Gasteiger partial charge in [0.05, 0.1) is 0 Å². The molecule has 5 rings (SSSR count). The van der Waals surface area contributed by atoms with E-state index in [0.29, 0.717) is 45.5 Å². The van der Waals surface area contributed by atoms with Crippen molar-refractivity contribution in [3.05, 3.63) is 12.2 Å². The van der Waals surface area contributed by atoms with Crippen molar-refractivity contribution in [1.29, 1.82) is 0 Å². The van der Waals surface area contributed by atoms with Gasteiger partial charge in [0.25, 0.3) is 0 Å². The van der Waals surface area contributed by atoms with Crippen molar-refractivity contribution in [2.24, 2.45) is 50.7 Å². The summed E-state index contributed by atoms with van der Waals surface area (Å²) >= 11 is 0. The van der Waals surface area contributed by atoms with Gasteiger partial charge in [-0.1, -0.05) is 41.2 Å². The molecular weight excluding hydrogens is 432 g/mol. The monoisotopic (exact) mass is 482 g/mol. The second-order valence-corrected chi connectivity index (χ2v) is 14.8. The van der Waals surface area contributed by atoms with Gasteiger partial charge >= 0.3 is 5.97 Å². The predicted molar refractivity (Wildman–Crippen MR) is 141 cm³/mol. The highest BCUT2D eigenvalue weighted by molar-refractivity contribution is 5.94. The number of rotatable bonds is 6. The van der Waals surface area contributed by atoms with Crippen LogP contribution in [0.5, 0.6) is 0 Å². The second-order valence-electron chi connectivity index (χ2n) is 14.8. The van der Waals surface area contributed by atoms with Crippen LogP contribution in [0.15, 0.2) is 12.2 Å². The van der Waals surface area contributed by atoms with Gasteiger partial charge in [-0.05, 0) is 122 Å². The molecule has 0 unspecified atom stereocenters. The number of allylic oxidation sites excluding steroid dienone is 1. The molecule has 9 atom stereocenters. The first-order valence-corrected chi connectivity index (χ1v) is 14.6. The Morgan fingerprint density at radius 1 is 0.886 bits per heavy atom. The number of Topliss-reactive ketones (excluding diaryl/α,β-unsaturated/α-hetero) is 1. The van der Waals surface area contributed by atoms with E-state index in [4.69, 9.17) is 4.74 Å². The van der Waals surface area contributed by atoms with Crippen LogP contribution >= 0.6 is 0 Å². The summed E-state index contributed by atoms with van der Waals surface area (Å²) in [5, 5.41) is 0. The molecule has 0 aromatic heterocycles. The van der Waals surface area contributed by atoms with Gasteiger partial charge in [-0.2, -0.15) is 0 Å². The fourth-order valence-electron chi connectivity index (χ4n) is 11.5. The molecule has 0 bridgehead atoms. The van der Waals surface area contributed by atoms with Crippen molar-refractivity contribution in [2.75, 3.05) is 0 Å². The first kappa shape index (κ1) is 25.5. The minimum absolute atomic E-state index is 0.0720. The van der Waals surface area contributed by atoms with Crippen molar-refractivity contribution < 1.29 is 14.3 Å². The van der Waals surface area contributed by atoms with Gasteiger partial charge in [-0.15, -0.1) is 0 Å². The number of fused-ring (bicyclic) bond motifs is 2. The zero-order valence-electron chi connectivity index (χ0n) is 23.6. The summed E-state index contributed by atoms with van der Waals surface area (Å²) < 4.78 is 5.88. The van der Waals surface area contributed by atoms with Crippen LogP contribution < -0.4 is 0 Å². The Bertz CT molecular complexity index is 933. The maximum Gasteiger partial charge on any atom is 0.302 e. The molecule has 5 saturated carbocycles. The van der Waals surface area contributed by atoms with E-state index in [1.807, 2.05) is 6.92 Å². The molecule has 2 spiro atoms. The SMILES string of the molecule is C=C(C)C(=O)CC[C@@H](C)[C@H]1CC[C@@]2(C)[C@@H]3CC[C@H]4C(C)(C)[C@@H](OC(C)=O)CC[C@@]45C[C@@]35CC[C@]12C. The number of hydrogen-bond donors (Lipinski definition) is 0. The molecule has 5 aliphatic rings. The molecule has 0 N–H and O–H groups in total. The maximum atomic E-state index is 12.3. The molecule has 0 aliphatic heterocycles. The minimum Gasteiger partial charge on any atom is -0.462 e. The summed E-state index contributed by atoms with van der Waals surface area (Å²) in [6.45, 7) is 19.8. The first-order valence-electron chi connectivity index (χ1n) is 14.6. The van der Waals surface area contributed by atoms with Gasteiger partial charge < -0.3 is 4.74 Å². The van der Waals surface area contributed by atoms with Crippen molar-refractivity contribution in [1.82, 2.24) is 0 Å². The lowest BCUT2D eigenvalue weighted by atomic mass is 9.41. The predicted octanol–water partition coefficient (Wildman–Crippen LogP) is 7.92. The molecule has 0 radical (unpaired) electrons. The molecule has 3 nitrogen and oxygen atoms in total. The molecule has 35 heavy (non-hydrogen) atoms. The average Bonchev–Trinajstić information content (AvgIpc) is 3.36. The van der Waals surface area contributed by atoms with Crippen LogP contribution in [0.1, 0.15) is 119 Å². The smallest absolute Gasteiger partial charge is 0.302 e. The molecule has 0 aromatic rings. The molecule has 0 heterocycles. The summed E-state index contributed by atoms with van der Waals surface area (Å²) in [5.74, 6) is 2.97. The van der Waals surface area contributed by atoms with Crippen molar-refractivity contribution in [3.63, 3.8) is 0 Å². The van der Waals surface area contributed by atoms with E-state index in [1.165, 1.54) is 51.4 Å². The molecule has 5 fully saturated rings. The number of carbonyl (C=O) groups is 2. The number of carbonyl (C=O) groups excluding carboxylic acids is 2. The van der Waals surface area contributed by atoms with Gasteiger partial charge in [0, 0.05) is 18.8 Å². The van der Waals surface area contributed by atoms with E-state index in [0.717, 1.165) is 24.7 Å². The van der Waals surface area contributed by atoms with E-state index >= 15 is 0 Å². The summed E-state index contributed by atoms with van der Waals surface area (Å²) in [4.78, 5) is 24.1. The fourth-order valence-corrected chi connectivity index (χ4v) is 11.5. The quantitative estimate of drug-likeness (QED) is 0.285. The number of esters is 1. The Morgan fingerprint density at radius 3 is 2.20 bits per heavy atom. The summed E-state index contributed by atoms with van der Waals surface area (Å²) in [5.41, 5.74) is 2.59. The summed E-state index contributed by atoms with van der Waals surface area (Å²) in [7, 11) is 0. The third kappa shape index (κ3) is 3.27. The molecule has 3 heteroatoms. The Hall–Kier alpha value is -1.12. The lowest BCUT2D eigenvalue weighted by molar-refractivity contribution is -0.181. The summed E-state index contributed by atoms with van der Waals surface area (Å²) in [6, 6.07) is 0. The van der Waals surface area contributed by atoms with Crippen LogP contribution in [-0.4, -0.2) is 17.9 Å². The van der Waals surface area contributed by atoms with Crippen molar-refractivity contribution in [2.45, 2.75) is 125 Å². The first-order chi connectivity index (χ1) is 16.3. The minimum atomic E-state index is -0.116. The van der Waals surface area contributed by atoms with Crippen molar-refractivity contribution in [3.8, 4) is 0 Å². The Labute approximate surface area is 214 Å². The fraction of sp³-hybridized carbons (Fsp3) is 0.875. The zero-order valence-corrected chi connectivity index (χ0v) is 23.6. The number of ether oxygens (including phenoxy) is 1. The Morgan fingerprint density at radius 2 is 1.54 bits per heavy atom. The third-order valence-corrected chi connectivity index (χ3v) is 13.4. The largest absolute Gasteiger partial charge is 0.462 e. The molecule has 0 saturated heterocycles. The topological polar surface area (TPSA) is 43.4 Å². The normalized spacial score (nSPS) is 48.0. The average molecular weight is 483 g/mol. The third-order valence-electron chi connectivity index (χ3n) is 13.4. The number of hydrogen-bond acceptors (Lipinski definition) is 3. The molecule has 196 valence electrons. The van der Waals surface area contributed by atoms with Gasteiger partial charge in [0.2, 0.25) is 0 Å². The van der Waals surface area contributed by atoms with Crippen LogP contribution in [0.3, 0.4) is 0 Å². The van der Waals surface area contributed by atoms with Crippen LogP contribution in [0.4, 0.5) is 0 Å². The van der Waals surface area contributed by atoms with Gasteiger partial charge in [0.15, 0.2) is 5.78 Å². The van der Waals surface area contributed by atoms with Crippen molar-refractivity contribution >= 4 is 11.8 Å². The van der Waals surface area contributed by atoms with E-state index < -0.39 is 0 Å². The van der Waals surface area contributed by atoms with E-state index in [9.17, 15) is 9.59 Å². The van der Waals surface area contributed by atoms with Crippen LogP contribution in [0.25, 0.3) is 0 Å². The highest BCUT2D eigenvalue weighted by Crippen LogP contribution is 2.89. The Balaban J connectivity index is 1.37. The van der Waals surface area contributed by atoms with E-state index in [2.05, 4.69) is 41.2 Å². The van der Waals surface area contributed by atoms with E-state index in [1.54, 1.807) is 6.92 Å². The zero-order chi connectivity index (χ0) is 25.6. The standard InChI is InChI=1S/C32H50O3/c1-20(2)24(34)10-9-21(3)23-13-15-30(8)26-12-11-25-28(5,6)27(35-22(4)33)14-16-31(25)19-32(26,31)18-17-29(23,30)7/h21,23,25-27H,1,9-19H2,2-8H3/t21-,23-,25+,26+,27+,29-,30+,31-,32+/m1/s1. The number of ketones is 1. The van der Waals surface area contributed by atoms with Crippen LogP contribution in [0, 0.1) is 50.7 Å². The summed E-state index contributed by atoms with van der Waals surface area (Å²) in [6.07, 6.45) is 13.6. The maximum absolute atomic E-state index is 12.3. The molecule has 5 aliphatic carbocycles. The molecular formula is C32H50O3. The highest BCUT2D eigenvalue weighted by Gasteiger charge is 2.82. The van der Waals surface area contributed by atoms with Gasteiger partial charge in [-0.25, -0.2) is 0 Å². The lowest BCUT2D eigenvalue weighted by Gasteiger charge is -2.63. The van der Waals surface area contributed by atoms with Crippen LogP contribution in [0.2, 0.25) is 0 Å². The van der Waals surface area contributed by atoms with E-state index in [-0.39, 0.29) is 23.3 Å². The van der Waals surface area contributed by atoms with Gasteiger partial charge in [0.1, 0.15) is 6.10 Å². The second kappa shape index (κ2) is 7.94.